The summed E-state index contributed by atoms with van der Waals surface area (Å²) < 4.78 is 0. The molecule has 4 rings (SSSR count). The number of benzene rings is 1. The van der Waals surface area contributed by atoms with Crippen LogP contribution < -0.4 is 5.32 Å². The number of aryl methyl sites for hydroxylation is 1. The first-order chi connectivity index (χ1) is 13.8. The van der Waals surface area contributed by atoms with Crippen molar-refractivity contribution < 1.29 is 14.4 Å². The topological polar surface area (TPSA) is 69.7 Å². The quantitative estimate of drug-likeness (QED) is 0.775. The summed E-state index contributed by atoms with van der Waals surface area (Å²) >= 11 is 0. The standard InChI is InChI=1S/C23H31N3O3/c1-15-4-8-17(9-5-15)23(3)21(28)25(22(29)24-23)14-20(27)26(19-12-13-19)18-10-6-16(2)7-11-18/h4-5,8-9,16,18-19H,6-7,10-14H2,1-3H3,(H,24,29). The normalized spacial score (nSPS) is 29.7. The van der Waals surface area contributed by atoms with Gasteiger partial charge in [-0.2, -0.15) is 0 Å². The molecule has 0 bridgehead atoms. The first-order valence-corrected chi connectivity index (χ1v) is 10.8. The van der Waals surface area contributed by atoms with Gasteiger partial charge in [-0.05, 0) is 63.9 Å². The summed E-state index contributed by atoms with van der Waals surface area (Å²) in [5, 5.41) is 2.81. The van der Waals surface area contributed by atoms with Gasteiger partial charge in [0.2, 0.25) is 5.91 Å². The van der Waals surface area contributed by atoms with E-state index in [-0.39, 0.29) is 30.4 Å². The molecule has 1 aromatic carbocycles. The highest BCUT2D eigenvalue weighted by molar-refractivity contribution is 6.09. The fourth-order valence-electron chi connectivity index (χ4n) is 4.72. The van der Waals surface area contributed by atoms with E-state index in [1.54, 1.807) is 6.92 Å². The van der Waals surface area contributed by atoms with E-state index in [2.05, 4.69) is 12.2 Å². The zero-order chi connectivity index (χ0) is 20.8. The zero-order valence-electron chi connectivity index (χ0n) is 17.6. The van der Waals surface area contributed by atoms with Crippen molar-refractivity contribution in [2.45, 2.75) is 76.9 Å². The minimum absolute atomic E-state index is 0.0938. The molecule has 1 N–H and O–H groups in total. The van der Waals surface area contributed by atoms with Crippen molar-refractivity contribution in [3.8, 4) is 0 Å². The van der Waals surface area contributed by atoms with Crippen LogP contribution in [0.25, 0.3) is 0 Å². The third-order valence-electron chi connectivity index (χ3n) is 6.80. The first kappa shape index (κ1) is 19.9. The Morgan fingerprint density at radius 2 is 1.62 bits per heavy atom. The average molecular weight is 398 g/mol. The number of urea groups is 1. The Balaban J connectivity index is 1.49. The summed E-state index contributed by atoms with van der Waals surface area (Å²) in [4.78, 5) is 42.1. The highest BCUT2D eigenvalue weighted by Gasteiger charge is 2.50. The maximum atomic E-state index is 13.2. The van der Waals surface area contributed by atoms with Crippen molar-refractivity contribution >= 4 is 17.8 Å². The fraction of sp³-hybridized carbons (Fsp3) is 0.609. The molecule has 3 fully saturated rings. The van der Waals surface area contributed by atoms with E-state index in [1.165, 1.54) is 0 Å². The molecular weight excluding hydrogens is 366 g/mol. The zero-order valence-corrected chi connectivity index (χ0v) is 17.6. The highest BCUT2D eigenvalue weighted by Crippen LogP contribution is 2.36. The Morgan fingerprint density at radius 1 is 1.07 bits per heavy atom. The van der Waals surface area contributed by atoms with Crippen molar-refractivity contribution in [1.82, 2.24) is 15.1 Å². The summed E-state index contributed by atoms with van der Waals surface area (Å²) in [5.41, 5.74) is 0.690. The van der Waals surface area contributed by atoms with Crippen LogP contribution in [-0.4, -0.2) is 46.3 Å². The molecule has 0 aromatic heterocycles. The summed E-state index contributed by atoms with van der Waals surface area (Å²) in [6.07, 6.45) is 6.36. The Bertz CT molecular complexity index is 809. The average Bonchev–Trinajstić information content (AvgIpc) is 3.49. The van der Waals surface area contributed by atoms with Gasteiger partial charge in [0.1, 0.15) is 12.1 Å². The molecule has 3 aliphatic rings. The second-order valence-corrected chi connectivity index (χ2v) is 9.26. The van der Waals surface area contributed by atoms with Crippen LogP contribution in [0.3, 0.4) is 0 Å². The van der Waals surface area contributed by atoms with Crippen LogP contribution in [0.5, 0.6) is 0 Å². The number of nitrogens with zero attached hydrogens (tertiary/aromatic N) is 2. The van der Waals surface area contributed by atoms with Crippen LogP contribution in [-0.2, 0) is 15.1 Å². The van der Waals surface area contributed by atoms with E-state index in [0.717, 1.165) is 54.6 Å². The molecule has 6 heteroatoms. The van der Waals surface area contributed by atoms with E-state index in [0.29, 0.717) is 5.92 Å². The molecule has 1 aliphatic heterocycles. The Labute approximate surface area is 172 Å². The van der Waals surface area contributed by atoms with Crippen LogP contribution in [0.1, 0.15) is 63.5 Å². The number of hydrogen-bond acceptors (Lipinski definition) is 3. The smallest absolute Gasteiger partial charge is 0.325 e. The van der Waals surface area contributed by atoms with Gasteiger partial charge < -0.3 is 10.2 Å². The molecule has 0 radical (unpaired) electrons. The van der Waals surface area contributed by atoms with E-state index >= 15 is 0 Å². The molecule has 2 saturated carbocycles. The van der Waals surface area contributed by atoms with E-state index in [1.807, 2.05) is 36.1 Å². The van der Waals surface area contributed by atoms with Gasteiger partial charge in [0, 0.05) is 12.1 Å². The molecule has 1 saturated heterocycles. The first-order valence-electron chi connectivity index (χ1n) is 10.8. The lowest BCUT2D eigenvalue weighted by Crippen LogP contribution is -2.49. The second kappa shape index (κ2) is 7.47. The summed E-state index contributed by atoms with van der Waals surface area (Å²) in [5.74, 6) is 0.264. The summed E-state index contributed by atoms with van der Waals surface area (Å²) in [6, 6.07) is 7.61. The van der Waals surface area contributed by atoms with Gasteiger partial charge in [0.05, 0.1) is 0 Å². The van der Waals surface area contributed by atoms with Crippen molar-refractivity contribution in [1.29, 1.82) is 0 Å². The SMILES string of the molecule is Cc1ccc(C2(C)NC(=O)N(CC(=O)N(C3CCC(C)CC3)C3CC3)C2=O)cc1. The molecule has 4 amide bonds. The Morgan fingerprint density at radius 3 is 2.17 bits per heavy atom. The minimum Gasteiger partial charge on any atom is -0.335 e. The lowest BCUT2D eigenvalue weighted by Gasteiger charge is -2.37. The molecule has 1 atom stereocenters. The van der Waals surface area contributed by atoms with E-state index in [4.69, 9.17) is 0 Å². The molecule has 29 heavy (non-hydrogen) atoms. The number of hydrogen-bond donors (Lipinski definition) is 1. The third-order valence-corrected chi connectivity index (χ3v) is 6.80. The highest BCUT2D eigenvalue weighted by atomic mass is 16.2. The predicted molar refractivity (Wildman–Crippen MR) is 110 cm³/mol. The summed E-state index contributed by atoms with van der Waals surface area (Å²) in [6.45, 7) is 5.78. The molecule has 1 aromatic rings. The van der Waals surface area contributed by atoms with Crippen molar-refractivity contribution in [2.24, 2.45) is 5.92 Å². The van der Waals surface area contributed by atoms with Gasteiger partial charge in [-0.1, -0.05) is 36.8 Å². The maximum Gasteiger partial charge on any atom is 0.325 e. The van der Waals surface area contributed by atoms with Crippen LogP contribution in [0.2, 0.25) is 0 Å². The molecule has 0 spiro atoms. The number of amides is 4. The Kier molecular flexibility index (Phi) is 5.13. The molecule has 156 valence electrons. The summed E-state index contributed by atoms with van der Waals surface area (Å²) in [7, 11) is 0. The van der Waals surface area contributed by atoms with E-state index < -0.39 is 11.6 Å². The fourth-order valence-corrected chi connectivity index (χ4v) is 4.72. The predicted octanol–water partition coefficient (Wildman–Crippen LogP) is 3.33. The van der Waals surface area contributed by atoms with Crippen LogP contribution in [0.4, 0.5) is 4.79 Å². The number of carbonyl (C=O) groups is 3. The van der Waals surface area contributed by atoms with Gasteiger partial charge in [-0.25, -0.2) is 4.79 Å². The number of nitrogens with one attached hydrogen (secondary N) is 1. The maximum absolute atomic E-state index is 13.2. The Hall–Kier alpha value is -2.37. The lowest BCUT2D eigenvalue weighted by atomic mass is 9.86. The second-order valence-electron chi connectivity index (χ2n) is 9.26. The monoisotopic (exact) mass is 397 g/mol. The van der Waals surface area contributed by atoms with Gasteiger partial charge >= 0.3 is 6.03 Å². The van der Waals surface area contributed by atoms with Gasteiger partial charge in [-0.15, -0.1) is 0 Å². The molecule has 1 heterocycles. The van der Waals surface area contributed by atoms with Crippen molar-refractivity contribution in [3.63, 3.8) is 0 Å². The van der Waals surface area contributed by atoms with Crippen LogP contribution in [0.15, 0.2) is 24.3 Å². The van der Waals surface area contributed by atoms with Crippen LogP contribution >= 0.6 is 0 Å². The van der Waals surface area contributed by atoms with Crippen molar-refractivity contribution in [3.05, 3.63) is 35.4 Å². The van der Waals surface area contributed by atoms with Crippen LogP contribution in [0, 0.1) is 12.8 Å². The third kappa shape index (κ3) is 3.77. The number of carbonyl (C=O) groups excluding carboxylic acids is 3. The van der Waals surface area contributed by atoms with E-state index in [9.17, 15) is 14.4 Å². The van der Waals surface area contributed by atoms with Gasteiger partial charge in [-0.3, -0.25) is 14.5 Å². The molecule has 2 aliphatic carbocycles. The molecule has 1 unspecified atom stereocenters. The number of imide groups is 1. The number of rotatable bonds is 5. The minimum atomic E-state index is -1.13. The van der Waals surface area contributed by atoms with Crippen molar-refractivity contribution in [2.75, 3.05) is 6.54 Å². The largest absolute Gasteiger partial charge is 0.335 e. The molecular formula is C23H31N3O3. The van der Waals surface area contributed by atoms with Gasteiger partial charge in [0.25, 0.3) is 5.91 Å². The van der Waals surface area contributed by atoms with Gasteiger partial charge in [0.15, 0.2) is 0 Å². The lowest BCUT2D eigenvalue weighted by molar-refractivity contribution is -0.141. The molecule has 6 nitrogen and oxygen atoms in total.